The highest BCUT2D eigenvalue weighted by Crippen LogP contribution is 2.23. The Morgan fingerprint density at radius 3 is 2.59 bits per heavy atom. The molecule has 6 nitrogen and oxygen atoms in total. The van der Waals surface area contributed by atoms with Gasteiger partial charge in [0.2, 0.25) is 0 Å². The van der Waals surface area contributed by atoms with Gasteiger partial charge in [-0.3, -0.25) is 0 Å². The topological polar surface area (TPSA) is 82.7 Å². The number of aliphatic imine (C=N–C) groups is 1. The summed E-state index contributed by atoms with van der Waals surface area (Å²) in [5, 5.41) is 18.3. The Morgan fingerprint density at radius 1 is 1.30 bits per heavy atom. The summed E-state index contributed by atoms with van der Waals surface area (Å²) in [6, 6.07) is 3.64. The van der Waals surface area contributed by atoms with Crippen molar-refractivity contribution in [1.29, 1.82) is 0 Å². The SMILES string of the molecule is CCNC(=NCC(C)(O)c1ccc(C)o1)NCCc1nc(CC)c(C)s1.I. The van der Waals surface area contributed by atoms with Crippen molar-refractivity contribution in [1.82, 2.24) is 15.6 Å². The Kier molecular flexibility index (Phi) is 9.75. The minimum Gasteiger partial charge on any atom is -0.463 e. The van der Waals surface area contributed by atoms with Gasteiger partial charge in [-0.15, -0.1) is 35.3 Å². The molecule has 152 valence electrons. The quantitative estimate of drug-likeness (QED) is 0.290. The summed E-state index contributed by atoms with van der Waals surface area (Å²) in [6.07, 6.45) is 1.82. The third-order valence-electron chi connectivity index (χ3n) is 4.06. The van der Waals surface area contributed by atoms with Crippen LogP contribution in [0.2, 0.25) is 0 Å². The van der Waals surface area contributed by atoms with E-state index in [2.05, 4.69) is 34.5 Å². The smallest absolute Gasteiger partial charge is 0.191 e. The predicted molar refractivity (Wildman–Crippen MR) is 122 cm³/mol. The molecule has 0 aliphatic rings. The number of aryl methyl sites for hydroxylation is 3. The van der Waals surface area contributed by atoms with Crippen LogP contribution in [0.25, 0.3) is 0 Å². The maximum atomic E-state index is 10.6. The molecule has 1 atom stereocenters. The summed E-state index contributed by atoms with van der Waals surface area (Å²) >= 11 is 1.76. The molecular weight excluding hydrogens is 475 g/mol. The molecule has 0 saturated heterocycles. The van der Waals surface area contributed by atoms with Crippen molar-refractivity contribution >= 4 is 41.3 Å². The first kappa shape index (κ1) is 23.9. The van der Waals surface area contributed by atoms with Crippen LogP contribution in [0.3, 0.4) is 0 Å². The summed E-state index contributed by atoms with van der Waals surface area (Å²) < 4.78 is 5.54. The van der Waals surface area contributed by atoms with Gasteiger partial charge in [0.15, 0.2) is 5.96 Å². The summed E-state index contributed by atoms with van der Waals surface area (Å²) in [5.41, 5.74) is 0.0503. The first-order valence-corrected chi connectivity index (χ1v) is 9.94. The van der Waals surface area contributed by atoms with Crippen molar-refractivity contribution in [2.75, 3.05) is 19.6 Å². The fourth-order valence-corrected chi connectivity index (χ4v) is 3.61. The van der Waals surface area contributed by atoms with Crippen molar-refractivity contribution in [2.45, 2.75) is 53.1 Å². The average molecular weight is 506 g/mol. The summed E-state index contributed by atoms with van der Waals surface area (Å²) in [4.78, 5) is 10.5. The molecule has 0 bridgehead atoms. The van der Waals surface area contributed by atoms with E-state index in [9.17, 15) is 5.11 Å². The zero-order valence-electron chi connectivity index (χ0n) is 16.8. The summed E-state index contributed by atoms with van der Waals surface area (Å²) in [5.74, 6) is 1.99. The third kappa shape index (κ3) is 7.08. The lowest BCUT2D eigenvalue weighted by Gasteiger charge is -2.19. The van der Waals surface area contributed by atoms with Crippen LogP contribution in [-0.2, 0) is 18.4 Å². The molecule has 8 heteroatoms. The molecule has 1 unspecified atom stereocenters. The molecule has 0 aliphatic heterocycles. The van der Waals surface area contributed by atoms with Crippen LogP contribution in [0.15, 0.2) is 21.5 Å². The van der Waals surface area contributed by atoms with E-state index in [0.717, 1.165) is 36.7 Å². The maximum Gasteiger partial charge on any atom is 0.191 e. The zero-order chi connectivity index (χ0) is 19.2. The number of thiazole rings is 1. The van der Waals surface area contributed by atoms with Crippen molar-refractivity contribution in [3.63, 3.8) is 0 Å². The van der Waals surface area contributed by atoms with Gasteiger partial charge in [0.25, 0.3) is 0 Å². The first-order valence-electron chi connectivity index (χ1n) is 9.12. The second-order valence-electron chi connectivity index (χ2n) is 6.52. The van der Waals surface area contributed by atoms with E-state index in [-0.39, 0.29) is 30.5 Å². The number of guanidine groups is 1. The maximum absolute atomic E-state index is 10.6. The van der Waals surface area contributed by atoms with Crippen LogP contribution in [0.5, 0.6) is 0 Å². The fraction of sp³-hybridized carbons (Fsp3) is 0.579. The largest absolute Gasteiger partial charge is 0.463 e. The lowest BCUT2D eigenvalue weighted by atomic mass is 10.0. The van der Waals surface area contributed by atoms with Gasteiger partial charge in [0.05, 0.1) is 17.2 Å². The molecular formula is C19H31IN4O2S. The Bertz CT molecular complexity index is 740. The molecule has 2 heterocycles. The van der Waals surface area contributed by atoms with Gasteiger partial charge in [-0.05, 0) is 46.2 Å². The van der Waals surface area contributed by atoms with Crippen molar-refractivity contribution in [3.05, 3.63) is 39.2 Å². The zero-order valence-corrected chi connectivity index (χ0v) is 19.9. The van der Waals surface area contributed by atoms with Crippen LogP contribution in [-0.4, -0.2) is 35.7 Å². The number of hydrogen-bond donors (Lipinski definition) is 3. The van der Waals surface area contributed by atoms with E-state index in [1.54, 1.807) is 24.3 Å². The highest BCUT2D eigenvalue weighted by molar-refractivity contribution is 14.0. The molecule has 0 radical (unpaired) electrons. The number of halogens is 1. The van der Waals surface area contributed by atoms with Crippen molar-refractivity contribution < 1.29 is 9.52 Å². The molecule has 2 aromatic heterocycles. The molecule has 0 spiro atoms. The van der Waals surface area contributed by atoms with Crippen LogP contribution in [0.4, 0.5) is 0 Å². The standard InChI is InChI=1S/C19H30N4O2S.HI/c1-6-15-14(4)26-17(23-15)10-11-21-18(20-7-2)22-12-19(5,24)16-9-8-13(3)25-16;/h8-9,24H,6-7,10-12H2,1-5H3,(H2,20,21,22);1H. The van der Waals surface area contributed by atoms with Gasteiger partial charge >= 0.3 is 0 Å². The molecule has 0 fully saturated rings. The number of nitrogens with one attached hydrogen (secondary N) is 2. The van der Waals surface area contributed by atoms with Crippen LogP contribution < -0.4 is 10.6 Å². The van der Waals surface area contributed by atoms with Gasteiger partial charge in [-0.2, -0.15) is 0 Å². The molecule has 0 saturated carbocycles. The van der Waals surface area contributed by atoms with E-state index in [1.165, 1.54) is 10.6 Å². The van der Waals surface area contributed by atoms with Gasteiger partial charge < -0.3 is 20.2 Å². The second kappa shape index (κ2) is 11.0. The van der Waals surface area contributed by atoms with E-state index in [1.807, 2.05) is 19.9 Å². The highest BCUT2D eigenvalue weighted by Gasteiger charge is 2.26. The van der Waals surface area contributed by atoms with Crippen molar-refractivity contribution in [2.24, 2.45) is 4.99 Å². The second-order valence-corrected chi connectivity index (χ2v) is 7.81. The highest BCUT2D eigenvalue weighted by atomic mass is 127. The Hall–Kier alpha value is -1.13. The molecule has 2 rings (SSSR count). The number of aromatic nitrogens is 1. The molecule has 0 aliphatic carbocycles. The minimum absolute atomic E-state index is 0. The first-order chi connectivity index (χ1) is 12.4. The lowest BCUT2D eigenvalue weighted by molar-refractivity contribution is 0.0428. The number of hydrogen-bond acceptors (Lipinski definition) is 5. The van der Waals surface area contributed by atoms with E-state index < -0.39 is 5.60 Å². The normalized spacial score (nSPS) is 13.8. The molecule has 0 amide bonds. The molecule has 27 heavy (non-hydrogen) atoms. The number of aliphatic hydroxyl groups is 1. The predicted octanol–water partition coefficient (Wildman–Crippen LogP) is 3.54. The van der Waals surface area contributed by atoms with Crippen LogP contribution >= 0.6 is 35.3 Å². The van der Waals surface area contributed by atoms with E-state index in [0.29, 0.717) is 11.7 Å². The van der Waals surface area contributed by atoms with Crippen LogP contribution in [0, 0.1) is 13.8 Å². The number of rotatable bonds is 8. The van der Waals surface area contributed by atoms with Gasteiger partial charge in [-0.1, -0.05) is 6.92 Å². The van der Waals surface area contributed by atoms with Gasteiger partial charge in [0, 0.05) is 24.4 Å². The Balaban J connectivity index is 0.00000364. The monoisotopic (exact) mass is 506 g/mol. The molecule has 0 aromatic carbocycles. The summed E-state index contributed by atoms with van der Waals surface area (Å²) in [7, 11) is 0. The minimum atomic E-state index is -1.14. The van der Waals surface area contributed by atoms with E-state index in [4.69, 9.17) is 4.42 Å². The molecule has 2 aromatic rings. The average Bonchev–Trinajstić information content (AvgIpc) is 3.18. The van der Waals surface area contributed by atoms with Crippen molar-refractivity contribution in [3.8, 4) is 0 Å². The summed E-state index contributed by atoms with van der Waals surface area (Å²) in [6.45, 7) is 11.5. The lowest BCUT2D eigenvalue weighted by Crippen LogP contribution is -2.39. The molecule has 3 N–H and O–H groups in total. The van der Waals surface area contributed by atoms with Gasteiger partial charge in [-0.25, -0.2) is 9.98 Å². The fourth-order valence-electron chi connectivity index (χ4n) is 2.59. The number of nitrogens with zero attached hydrogens (tertiary/aromatic N) is 2. The third-order valence-corrected chi connectivity index (χ3v) is 5.14. The Morgan fingerprint density at radius 2 is 2.04 bits per heavy atom. The van der Waals surface area contributed by atoms with Crippen LogP contribution in [0.1, 0.15) is 47.9 Å². The Labute approximate surface area is 182 Å². The van der Waals surface area contributed by atoms with E-state index >= 15 is 0 Å². The van der Waals surface area contributed by atoms with Gasteiger partial charge in [0.1, 0.15) is 17.1 Å². The number of furan rings is 1.